The summed E-state index contributed by atoms with van der Waals surface area (Å²) in [6.07, 6.45) is 4.59. The van der Waals surface area contributed by atoms with Crippen LogP contribution in [0.15, 0.2) is 24.3 Å². The van der Waals surface area contributed by atoms with Crippen LogP contribution in [0.1, 0.15) is 38.2 Å². The van der Waals surface area contributed by atoms with Crippen molar-refractivity contribution in [3.05, 3.63) is 29.8 Å². The first-order valence-electron chi connectivity index (χ1n) is 6.99. The summed E-state index contributed by atoms with van der Waals surface area (Å²) < 4.78 is 0. The Morgan fingerprint density at radius 1 is 1.21 bits per heavy atom. The highest BCUT2D eigenvalue weighted by atomic mass is 16.1. The summed E-state index contributed by atoms with van der Waals surface area (Å²) in [6, 6.07) is 8.97. The monoisotopic (exact) mass is 261 g/mol. The van der Waals surface area contributed by atoms with Crippen molar-refractivity contribution in [1.29, 1.82) is 0 Å². The van der Waals surface area contributed by atoms with Crippen LogP contribution in [0.4, 0.5) is 5.69 Å². The SMILES string of the molecule is CC(=O)Nc1ccc(CNC2CCC(N)CC2)cc1. The lowest BCUT2D eigenvalue weighted by molar-refractivity contribution is -0.114. The topological polar surface area (TPSA) is 67.2 Å². The van der Waals surface area contributed by atoms with Crippen LogP contribution in [0.2, 0.25) is 0 Å². The second kappa shape index (κ2) is 6.68. The molecule has 0 bridgehead atoms. The first-order valence-corrected chi connectivity index (χ1v) is 6.99. The van der Waals surface area contributed by atoms with Crippen molar-refractivity contribution >= 4 is 11.6 Å². The van der Waals surface area contributed by atoms with Crippen molar-refractivity contribution < 1.29 is 4.79 Å². The molecule has 1 fully saturated rings. The van der Waals surface area contributed by atoms with Crippen molar-refractivity contribution in [3.63, 3.8) is 0 Å². The third-order valence-electron chi connectivity index (χ3n) is 3.64. The molecule has 2 rings (SSSR count). The van der Waals surface area contributed by atoms with E-state index in [-0.39, 0.29) is 5.91 Å². The molecule has 1 aliphatic rings. The molecule has 0 aromatic heterocycles. The summed E-state index contributed by atoms with van der Waals surface area (Å²) in [7, 11) is 0. The van der Waals surface area contributed by atoms with Gasteiger partial charge >= 0.3 is 0 Å². The van der Waals surface area contributed by atoms with E-state index in [1.165, 1.54) is 25.3 Å². The minimum atomic E-state index is -0.0376. The summed E-state index contributed by atoms with van der Waals surface area (Å²) >= 11 is 0. The number of anilines is 1. The van der Waals surface area contributed by atoms with E-state index >= 15 is 0 Å². The molecule has 0 aliphatic heterocycles. The first kappa shape index (κ1) is 14.0. The van der Waals surface area contributed by atoms with E-state index in [1.807, 2.05) is 24.3 Å². The lowest BCUT2D eigenvalue weighted by Crippen LogP contribution is -2.37. The minimum Gasteiger partial charge on any atom is -0.328 e. The summed E-state index contributed by atoms with van der Waals surface area (Å²) in [5.41, 5.74) is 7.99. The molecule has 0 atom stereocenters. The number of carbonyl (C=O) groups excluding carboxylic acids is 1. The number of hydrogen-bond acceptors (Lipinski definition) is 3. The molecule has 0 saturated heterocycles. The maximum atomic E-state index is 10.9. The quantitative estimate of drug-likeness (QED) is 0.776. The molecule has 1 aromatic rings. The van der Waals surface area contributed by atoms with Gasteiger partial charge in [0.15, 0.2) is 0 Å². The predicted octanol–water partition coefficient (Wildman–Crippen LogP) is 2.00. The maximum absolute atomic E-state index is 10.9. The van der Waals surface area contributed by atoms with Crippen LogP contribution in [0.5, 0.6) is 0 Å². The zero-order chi connectivity index (χ0) is 13.7. The molecular formula is C15H23N3O. The number of amides is 1. The molecule has 4 heteroatoms. The normalized spacial score (nSPS) is 23.1. The highest BCUT2D eigenvalue weighted by molar-refractivity contribution is 5.88. The summed E-state index contributed by atoms with van der Waals surface area (Å²) in [4.78, 5) is 10.9. The third kappa shape index (κ3) is 4.65. The number of nitrogens with one attached hydrogen (secondary N) is 2. The van der Waals surface area contributed by atoms with E-state index in [0.717, 1.165) is 25.1 Å². The fraction of sp³-hybridized carbons (Fsp3) is 0.533. The van der Waals surface area contributed by atoms with Crippen LogP contribution < -0.4 is 16.4 Å². The molecule has 1 aromatic carbocycles. The largest absolute Gasteiger partial charge is 0.328 e. The molecule has 0 unspecified atom stereocenters. The molecule has 1 saturated carbocycles. The smallest absolute Gasteiger partial charge is 0.221 e. The van der Waals surface area contributed by atoms with Crippen molar-refractivity contribution in [2.24, 2.45) is 5.73 Å². The first-order chi connectivity index (χ1) is 9.13. The summed E-state index contributed by atoms with van der Waals surface area (Å²) in [5.74, 6) is -0.0376. The van der Waals surface area contributed by atoms with Crippen molar-refractivity contribution in [3.8, 4) is 0 Å². The number of carbonyl (C=O) groups is 1. The maximum Gasteiger partial charge on any atom is 0.221 e. The van der Waals surface area contributed by atoms with Crippen LogP contribution in [-0.2, 0) is 11.3 Å². The van der Waals surface area contributed by atoms with Gasteiger partial charge in [-0.05, 0) is 43.4 Å². The summed E-state index contributed by atoms with van der Waals surface area (Å²) in [6.45, 7) is 2.39. The fourth-order valence-electron chi connectivity index (χ4n) is 2.49. The van der Waals surface area contributed by atoms with Gasteiger partial charge in [0.1, 0.15) is 0 Å². The molecule has 1 aliphatic carbocycles. The zero-order valence-corrected chi connectivity index (χ0v) is 11.5. The van der Waals surface area contributed by atoms with Crippen LogP contribution in [0.3, 0.4) is 0 Å². The van der Waals surface area contributed by atoms with Crippen LogP contribution in [0, 0.1) is 0 Å². The summed E-state index contributed by atoms with van der Waals surface area (Å²) in [5, 5.41) is 6.34. The van der Waals surface area contributed by atoms with Gasteiger partial charge in [0.2, 0.25) is 5.91 Å². The number of benzene rings is 1. The Labute approximate surface area is 114 Å². The van der Waals surface area contributed by atoms with Crippen molar-refractivity contribution in [1.82, 2.24) is 5.32 Å². The van der Waals surface area contributed by atoms with Gasteiger partial charge in [-0.25, -0.2) is 0 Å². The van der Waals surface area contributed by atoms with Gasteiger partial charge in [-0.3, -0.25) is 4.79 Å². The fourth-order valence-corrected chi connectivity index (χ4v) is 2.49. The van der Waals surface area contributed by atoms with Gasteiger partial charge in [0.25, 0.3) is 0 Å². The Balaban J connectivity index is 1.78. The van der Waals surface area contributed by atoms with E-state index in [2.05, 4.69) is 10.6 Å². The standard InChI is InChI=1S/C15H23N3O/c1-11(19)18-15-6-2-12(3-7-15)10-17-14-8-4-13(16)5-9-14/h2-3,6-7,13-14,17H,4-5,8-10,16H2,1H3,(H,18,19). The predicted molar refractivity (Wildman–Crippen MR) is 77.8 cm³/mol. The Hall–Kier alpha value is -1.39. The number of hydrogen-bond donors (Lipinski definition) is 3. The number of nitrogens with two attached hydrogens (primary N) is 1. The molecule has 1 amide bonds. The van der Waals surface area contributed by atoms with Gasteiger partial charge in [-0.1, -0.05) is 12.1 Å². The average molecular weight is 261 g/mol. The molecule has 19 heavy (non-hydrogen) atoms. The van der Waals surface area contributed by atoms with Gasteiger partial charge < -0.3 is 16.4 Å². The second-order valence-electron chi connectivity index (χ2n) is 5.37. The lowest BCUT2D eigenvalue weighted by atomic mass is 9.92. The van der Waals surface area contributed by atoms with Crippen molar-refractivity contribution in [2.75, 3.05) is 5.32 Å². The van der Waals surface area contributed by atoms with Gasteiger partial charge in [-0.2, -0.15) is 0 Å². The Morgan fingerprint density at radius 2 is 1.84 bits per heavy atom. The van der Waals surface area contributed by atoms with E-state index in [4.69, 9.17) is 5.73 Å². The molecule has 4 N–H and O–H groups in total. The highest BCUT2D eigenvalue weighted by Gasteiger charge is 2.17. The highest BCUT2D eigenvalue weighted by Crippen LogP contribution is 2.17. The molecule has 0 radical (unpaired) electrons. The van der Waals surface area contributed by atoms with E-state index in [1.54, 1.807) is 0 Å². The minimum absolute atomic E-state index is 0.0376. The van der Waals surface area contributed by atoms with E-state index < -0.39 is 0 Å². The third-order valence-corrected chi connectivity index (χ3v) is 3.64. The Bertz CT molecular complexity index is 408. The van der Waals surface area contributed by atoms with E-state index in [9.17, 15) is 4.79 Å². The molecule has 4 nitrogen and oxygen atoms in total. The van der Waals surface area contributed by atoms with Crippen molar-refractivity contribution in [2.45, 2.75) is 51.2 Å². The van der Waals surface area contributed by atoms with Crippen LogP contribution in [0.25, 0.3) is 0 Å². The Morgan fingerprint density at radius 3 is 2.42 bits per heavy atom. The van der Waals surface area contributed by atoms with Crippen LogP contribution >= 0.6 is 0 Å². The van der Waals surface area contributed by atoms with Gasteiger partial charge in [-0.15, -0.1) is 0 Å². The van der Waals surface area contributed by atoms with Crippen LogP contribution in [-0.4, -0.2) is 18.0 Å². The van der Waals surface area contributed by atoms with Gasteiger partial charge in [0, 0.05) is 31.2 Å². The lowest BCUT2D eigenvalue weighted by Gasteiger charge is -2.27. The molecular weight excluding hydrogens is 238 g/mol. The molecule has 0 heterocycles. The van der Waals surface area contributed by atoms with E-state index in [0.29, 0.717) is 12.1 Å². The zero-order valence-electron chi connectivity index (χ0n) is 11.5. The average Bonchev–Trinajstić information content (AvgIpc) is 2.39. The Kier molecular flexibility index (Phi) is 4.93. The molecule has 0 spiro atoms. The number of rotatable bonds is 4. The van der Waals surface area contributed by atoms with Gasteiger partial charge in [0.05, 0.1) is 0 Å². The molecule has 104 valence electrons. The second-order valence-corrected chi connectivity index (χ2v) is 5.37.